The molecule has 1 heterocycles. The van der Waals surface area contributed by atoms with E-state index >= 15 is 0 Å². The summed E-state index contributed by atoms with van der Waals surface area (Å²) in [5.74, 6) is -1.84. The van der Waals surface area contributed by atoms with Crippen molar-refractivity contribution in [3.05, 3.63) is 36.3 Å². The molecule has 37 heavy (non-hydrogen) atoms. The monoisotopic (exact) mass is 510 g/mol. The molecule has 1 aromatic heterocycles. The molecule has 5 rings (SSSR count). The van der Waals surface area contributed by atoms with E-state index in [1.54, 1.807) is 18.6 Å². The highest BCUT2D eigenvalue weighted by molar-refractivity contribution is 5.96. The number of hydrogen-bond donors (Lipinski definition) is 0. The molecule has 0 radical (unpaired) electrons. The maximum atomic E-state index is 14.0. The van der Waals surface area contributed by atoms with Gasteiger partial charge in [-0.05, 0) is 53.2 Å². The summed E-state index contributed by atoms with van der Waals surface area (Å²) in [6, 6.07) is 1.93. The van der Waals surface area contributed by atoms with Crippen molar-refractivity contribution in [1.29, 1.82) is 0 Å². The topological polar surface area (TPSA) is 99.9 Å². The lowest BCUT2D eigenvalue weighted by Gasteiger charge is -2.68. The number of ketones is 2. The van der Waals surface area contributed by atoms with Crippen LogP contribution in [0, 0.1) is 39.4 Å². The Labute approximate surface area is 218 Å². The molecule has 200 valence electrons. The number of fused-ring (bicyclic) bond motifs is 5. The van der Waals surface area contributed by atoms with Gasteiger partial charge in [-0.3, -0.25) is 19.2 Å². The first-order chi connectivity index (χ1) is 17.2. The number of carbonyl (C=O) groups is 4. The van der Waals surface area contributed by atoms with Gasteiger partial charge in [-0.25, -0.2) is 0 Å². The summed E-state index contributed by atoms with van der Waals surface area (Å²) in [7, 11) is 0. The number of Topliss-reactive ketones (excluding diaryl/α,β-unsaturated/α-hetero) is 1. The van der Waals surface area contributed by atoms with Crippen molar-refractivity contribution in [3.63, 3.8) is 0 Å². The minimum Gasteiger partial charge on any atom is -0.472 e. The molecule has 7 heteroatoms. The molecule has 1 aromatic rings. The Hall–Kier alpha value is -2.70. The Balaban J connectivity index is 1.75. The highest BCUT2D eigenvalue weighted by Crippen LogP contribution is 2.73. The van der Waals surface area contributed by atoms with Crippen molar-refractivity contribution in [2.45, 2.75) is 85.9 Å². The number of furan rings is 1. The van der Waals surface area contributed by atoms with Crippen LogP contribution in [0.3, 0.4) is 0 Å². The fourth-order valence-electron chi connectivity index (χ4n) is 9.61. The van der Waals surface area contributed by atoms with E-state index < -0.39 is 57.6 Å². The molecule has 0 amide bonds. The number of hydrogen-bond acceptors (Lipinski definition) is 7. The van der Waals surface area contributed by atoms with Gasteiger partial charge in [0.05, 0.1) is 12.5 Å². The molecule has 0 aliphatic heterocycles. The smallest absolute Gasteiger partial charge is 0.303 e. The molecule has 7 nitrogen and oxygen atoms in total. The fourth-order valence-corrected chi connectivity index (χ4v) is 9.61. The lowest BCUT2D eigenvalue weighted by molar-refractivity contribution is -0.263. The van der Waals surface area contributed by atoms with Crippen LogP contribution in [0.4, 0.5) is 0 Å². The predicted molar refractivity (Wildman–Crippen MR) is 134 cm³/mol. The van der Waals surface area contributed by atoms with Crippen LogP contribution in [-0.4, -0.2) is 35.7 Å². The van der Waals surface area contributed by atoms with Crippen molar-refractivity contribution in [1.82, 2.24) is 0 Å². The van der Waals surface area contributed by atoms with Crippen molar-refractivity contribution in [2.75, 3.05) is 0 Å². The first kappa shape index (κ1) is 25.9. The number of carbonyl (C=O) groups excluding carboxylic acids is 4. The van der Waals surface area contributed by atoms with Crippen LogP contribution in [-0.2, 0) is 28.7 Å². The Morgan fingerprint density at radius 2 is 1.70 bits per heavy atom. The van der Waals surface area contributed by atoms with Gasteiger partial charge < -0.3 is 13.9 Å². The van der Waals surface area contributed by atoms with Crippen LogP contribution < -0.4 is 0 Å². The van der Waals surface area contributed by atoms with Gasteiger partial charge in [-0.1, -0.05) is 40.7 Å². The molecule has 0 unspecified atom stereocenters. The molecule has 0 spiro atoms. The number of allylic oxidation sites excluding steroid dienone is 2. The fraction of sp³-hybridized carbons (Fsp3) is 0.667. The third kappa shape index (κ3) is 3.38. The van der Waals surface area contributed by atoms with Gasteiger partial charge in [0.25, 0.3) is 0 Å². The van der Waals surface area contributed by atoms with Crippen LogP contribution >= 0.6 is 0 Å². The van der Waals surface area contributed by atoms with Gasteiger partial charge in [0.1, 0.15) is 18.0 Å². The quantitative estimate of drug-likeness (QED) is 0.525. The van der Waals surface area contributed by atoms with Crippen molar-refractivity contribution in [3.8, 4) is 0 Å². The van der Waals surface area contributed by atoms with Gasteiger partial charge in [0.2, 0.25) is 0 Å². The van der Waals surface area contributed by atoms with Crippen LogP contribution in [0.15, 0.2) is 35.2 Å². The maximum Gasteiger partial charge on any atom is 0.303 e. The SMILES string of the molecule is CC(=O)O[C@H]1[C@@H](OC(C)=O)[C@]2(C)[C@H](CC[C@]3(C)[C@H]2C(=O)C[C@H]3c2ccoc2)[C@@]2(C)C=CC(=O)C(C)(C)[C@H]12. The zero-order chi connectivity index (χ0) is 27.1. The van der Waals surface area contributed by atoms with E-state index in [-0.39, 0.29) is 23.4 Å². The summed E-state index contributed by atoms with van der Waals surface area (Å²) >= 11 is 0. The van der Waals surface area contributed by atoms with Crippen molar-refractivity contribution < 1.29 is 33.1 Å². The van der Waals surface area contributed by atoms with Gasteiger partial charge in [-0.2, -0.15) is 0 Å². The standard InChI is InChI=1S/C30H38O7/c1-16(31)36-23-25-27(3,4)22(34)9-12-29(25,6)21-8-11-28(5)19(18-10-13-35-15-18)14-20(33)24(28)30(21,7)26(23)37-17(2)32/h9-10,12-13,15,19,21,23-26H,8,11,14H2,1-7H3/t19-,21+,23+,24+,25-,26+,28-,29+,30+/m0/s1. The molecular weight excluding hydrogens is 472 g/mol. The summed E-state index contributed by atoms with van der Waals surface area (Å²) in [6.45, 7) is 12.8. The molecule has 4 aliphatic carbocycles. The third-order valence-electron chi connectivity index (χ3n) is 10.7. The van der Waals surface area contributed by atoms with Crippen molar-refractivity contribution in [2.24, 2.45) is 39.4 Å². The van der Waals surface area contributed by atoms with Gasteiger partial charge in [0, 0.05) is 42.9 Å². The summed E-state index contributed by atoms with van der Waals surface area (Å²) in [5, 5.41) is 0. The molecule has 0 saturated heterocycles. The molecular formula is C30H38O7. The lowest BCUT2D eigenvalue weighted by atomic mass is 9.36. The predicted octanol–water partition coefficient (Wildman–Crippen LogP) is 5.04. The minimum atomic E-state index is -0.875. The zero-order valence-electron chi connectivity index (χ0n) is 22.8. The average molecular weight is 511 g/mol. The maximum absolute atomic E-state index is 14.0. The molecule has 9 atom stereocenters. The molecule has 3 saturated carbocycles. The molecule has 0 bridgehead atoms. The normalized spacial score (nSPS) is 44.0. The second-order valence-corrected chi connectivity index (χ2v) is 13.0. The second kappa shape index (κ2) is 8.15. The summed E-state index contributed by atoms with van der Waals surface area (Å²) in [5.41, 5.74) is -1.62. The summed E-state index contributed by atoms with van der Waals surface area (Å²) < 4.78 is 17.5. The highest BCUT2D eigenvalue weighted by atomic mass is 16.6. The summed E-state index contributed by atoms with van der Waals surface area (Å²) in [4.78, 5) is 52.3. The lowest BCUT2D eigenvalue weighted by Crippen LogP contribution is -2.72. The molecule has 0 aromatic carbocycles. The van der Waals surface area contributed by atoms with E-state index in [9.17, 15) is 19.2 Å². The van der Waals surface area contributed by atoms with Crippen LogP contribution in [0.25, 0.3) is 0 Å². The van der Waals surface area contributed by atoms with Crippen LogP contribution in [0.2, 0.25) is 0 Å². The first-order valence-corrected chi connectivity index (χ1v) is 13.3. The van der Waals surface area contributed by atoms with E-state index in [1.165, 1.54) is 13.8 Å². The zero-order valence-corrected chi connectivity index (χ0v) is 22.8. The van der Waals surface area contributed by atoms with Gasteiger partial charge in [0.15, 0.2) is 5.78 Å². The Morgan fingerprint density at radius 1 is 1.03 bits per heavy atom. The molecule has 3 fully saturated rings. The molecule has 0 N–H and O–H groups in total. The minimum absolute atomic E-state index is 0.0166. The van der Waals surface area contributed by atoms with Crippen LogP contribution in [0.5, 0.6) is 0 Å². The van der Waals surface area contributed by atoms with Gasteiger partial charge in [-0.15, -0.1) is 0 Å². The van der Waals surface area contributed by atoms with Gasteiger partial charge >= 0.3 is 11.9 Å². The number of rotatable bonds is 3. The Bertz CT molecular complexity index is 1180. The van der Waals surface area contributed by atoms with E-state index in [2.05, 4.69) is 20.8 Å². The van der Waals surface area contributed by atoms with E-state index in [0.717, 1.165) is 18.4 Å². The Morgan fingerprint density at radius 3 is 2.30 bits per heavy atom. The largest absolute Gasteiger partial charge is 0.472 e. The van der Waals surface area contributed by atoms with E-state index in [4.69, 9.17) is 13.9 Å². The summed E-state index contributed by atoms with van der Waals surface area (Å²) in [6.07, 6.45) is 7.24. The average Bonchev–Trinajstić information content (AvgIpc) is 3.39. The highest BCUT2D eigenvalue weighted by Gasteiger charge is 2.75. The van der Waals surface area contributed by atoms with Crippen molar-refractivity contribution >= 4 is 23.5 Å². The van der Waals surface area contributed by atoms with E-state index in [0.29, 0.717) is 6.42 Å². The molecule has 4 aliphatic rings. The Kier molecular flexibility index (Phi) is 5.71. The number of ether oxygens (including phenoxy) is 2. The number of esters is 2. The third-order valence-corrected chi connectivity index (χ3v) is 10.7. The van der Waals surface area contributed by atoms with E-state index in [1.807, 2.05) is 26.0 Å². The van der Waals surface area contributed by atoms with Crippen LogP contribution in [0.1, 0.15) is 79.2 Å². The first-order valence-electron chi connectivity index (χ1n) is 13.3. The second-order valence-electron chi connectivity index (χ2n) is 13.0.